The van der Waals surface area contributed by atoms with E-state index in [9.17, 15) is 17.6 Å². The molecular formula is C20H17FN2O3S3. The minimum absolute atomic E-state index is 0.223. The van der Waals surface area contributed by atoms with E-state index in [0.29, 0.717) is 22.6 Å². The van der Waals surface area contributed by atoms with E-state index in [0.717, 1.165) is 22.7 Å². The summed E-state index contributed by atoms with van der Waals surface area (Å²) < 4.78 is 41.3. The highest BCUT2D eigenvalue weighted by molar-refractivity contribution is 7.99. The molecule has 5 nitrogen and oxygen atoms in total. The Morgan fingerprint density at radius 3 is 2.59 bits per heavy atom. The molecule has 1 atom stereocenters. The highest BCUT2D eigenvalue weighted by atomic mass is 32.2. The monoisotopic (exact) mass is 448 g/mol. The molecule has 29 heavy (non-hydrogen) atoms. The summed E-state index contributed by atoms with van der Waals surface area (Å²) in [6, 6.07) is 14.0. The van der Waals surface area contributed by atoms with Crippen LogP contribution in [0, 0.1) is 5.82 Å². The Morgan fingerprint density at radius 2 is 1.86 bits per heavy atom. The normalized spacial score (nSPS) is 16.1. The molecule has 0 bridgehead atoms. The van der Waals surface area contributed by atoms with Crippen LogP contribution >= 0.6 is 23.1 Å². The number of fused-ring (bicyclic) bond motifs is 1. The summed E-state index contributed by atoms with van der Waals surface area (Å²) in [6.07, 6.45) is 0.714. The molecule has 2 N–H and O–H groups in total. The summed E-state index contributed by atoms with van der Waals surface area (Å²) in [5, 5.41) is 4.64. The number of hydrogen-bond donors (Lipinski definition) is 2. The lowest BCUT2D eigenvalue weighted by atomic mass is 10.0. The van der Waals surface area contributed by atoms with Crippen molar-refractivity contribution in [3.05, 3.63) is 76.9 Å². The van der Waals surface area contributed by atoms with Gasteiger partial charge in [0, 0.05) is 21.9 Å². The fraction of sp³-hybridized carbons (Fsp3) is 0.150. The van der Waals surface area contributed by atoms with E-state index < -0.39 is 10.0 Å². The van der Waals surface area contributed by atoms with Gasteiger partial charge in [-0.2, -0.15) is 0 Å². The Balaban J connectivity index is 1.46. The first-order chi connectivity index (χ1) is 13.9. The number of rotatable bonds is 5. The van der Waals surface area contributed by atoms with Gasteiger partial charge in [0.05, 0.1) is 6.04 Å². The van der Waals surface area contributed by atoms with Crippen LogP contribution in [-0.4, -0.2) is 20.1 Å². The van der Waals surface area contributed by atoms with Gasteiger partial charge in [-0.05, 0) is 53.8 Å². The first kappa shape index (κ1) is 19.9. The number of thioether (sulfide) groups is 1. The Morgan fingerprint density at radius 1 is 1.07 bits per heavy atom. The predicted molar refractivity (Wildman–Crippen MR) is 114 cm³/mol. The van der Waals surface area contributed by atoms with Crippen molar-refractivity contribution in [2.45, 2.75) is 21.6 Å². The van der Waals surface area contributed by atoms with Gasteiger partial charge in [-0.3, -0.25) is 9.52 Å². The molecule has 1 aliphatic heterocycles. The molecule has 0 aliphatic carbocycles. The standard InChI is InChI=1S/C20H17FN2O3S3/c21-16-4-1-3-15-17(10-12-28-19(15)16)22-20(24)13-6-8-14(9-7-13)23-29(25,26)18-5-2-11-27-18/h1-9,11,17,23H,10,12H2,(H,22,24)/t17-/m1/s1. The van der Waals surface area contributed by atoms with Crippen LogP contribution in [0.3, 0.4) is 0 Å². The fourth-order valence-corrected chi connectivity index (χ4v) is 6.28. The molecule has 0 fully saturated rings. The van der Waals surface area contributed by atoms with Gasteiger partial charge in [0.2, 0.25) is 0 Å². The number of anilines is 1. The summed E-state index contributed by atoms with van der Waals surface area (Å²) in [6.45, 7) is 0. The lowest BCUT2D eigenvalue weighted by Crippen LogP contribution is -2.30. The third kappa shape index (κ3) is 4.31. The molecule has 1 aliphatic rings. The van der Waals surface area contributed by atoms with Crippen molar-refractivity contribution in [3.8, 4) is 0 Å². The van der Waals surface area contributed by atoms with Crippen molar-refractivity contribution < 1.29 is 17.6 Å². The van der Waals surface area contributed by atoms with Gasteiger partial charge >= 0.3 is 0 Å². The molecule has 4 rings (SSSR count). The molecule has 0 unspecified atom stereocenters. The van der Waals surface area contributed by atoms with Crippen LogP contribution in [0.5, 0.6) is 0 Å². The van der Waals surface area contributed by atoms with Crippen LogP contribution in [0.15, 0.2) is 69.1 Å². The van der Waals surface area contributed by atoms with E-state index in [-0.39, 0.29) is 22.0 Å². The zero-order chi connectivity index (χ0) is 20.4. The van der Waals surface area contributed by atoms with Crippen molar-refractivity contribution >= 4 is 44.7 Å². The summed E-state index contributed by atoms with van der Waals surface area (Å²) in [7, 11) is -3.63. The first-order valence-electron chi connectivity index (χ1n) is 8.82. The van der Waals surface area contributed by atoms with Crippen molar-refractivity contribution in [2.75, 3.05) is 10.5 Å². The number of carbonyl (C=O) groups is 1. The molecule has 0 radical (unpaired) electrons. The number of halogens is 1. The molecule has 0 spiro atoms. The number of benzene rings is 2. The Labute approximate surface area is 176 Å². The third-order valence-electron chi connectivity index (χ3n) is 4.49. The first-order valence-corrected chi connectivity index (χ1v) is 12.2. The Kier molecular flexibility index (Phi) is 5.62. The van der Waals surface area contributed by atoms with Crippen LogP contribution in [0.1, 0.15) is 28.4 Å². The predicted octanol–water partition coefficient (Wildman–Crippen LogP) is 4.65. The molecule has 0 saturated carbocycles. The second-order valence-electron chi connectivity index (χ2n) is 6.44. The van der Waals surface area contributed by atoms with Gasteiger partial charge < -0.3 is 5.32 Å². The molecular weight excluding hydrogens is 431 g/mol. The molecule has 2 aromatic carbocycles. The van der Waals surface area contributed by atoms with Crippen molar-refractivity contribution in [1.82, 2.24) is 5.32 Å². The zero-order valence-electron chi connectivity index (χ0n) is 15.1. The largest absolute Gasteiger partial charge is 0.345 e. The van der Waals surface area contributed by atoms with E-state index >= 15 is 0 Å². The highest BCUT2D eigenvalue weighted by Crippen LogP contribution is 2.37. The molecule has 0 saturated heterocycles. The maximum Gasteiger partial charge on any atom is 0.271 e. The Hall–Kier alpha value is -2.36. The minimum Gasteiger partial charge on any atom is -0.345 e. The second-order valence-corrected chi connectivity index (χ2v) is 10.4. The third-order valence-corrected chi connectivity index (χ3v) is 8.43. The lowest BCUT2D eigenvalue weighted by Gasteiger charge is -2.26. The van der Waals surface area contributed by atoms with Gasteiger partial charge in [0.1, 0.15) is 10.0 Å². The number of hydrogen-bond acceptors (Lipinski definition) is 5. The van der Waals surface area contributed by atoms with Gasteiger partial charge in [-0.25, -0.2) is 12.8 Å². The summed E-state index contributed by atoms with van der Waals surface area (Å²) in [4.78, 5) is 13.2. The number of thiophene rings is 1. The van der Waals surface area contributed by atoms with Crippen LogP contribution in [-0.2, 0) is 10.0 Å². The zero-order valence-corrected chi connectivity index (χ0v) is 17.5. The van der Waals surface area contributed by atoms with Crippen LogP contribution in [0.25, 0.3) is 0 Å². The lowest BCUT2D eigenvalue weighted by molar-refractivity contribution is 0.0935. The quantitative estimate of drug-likeness (QED) is 0.596. The van der Waals surface area contributed by atoms with E-state index in [1.807, 2.05) is 6.07 Å². The van der Waals surface area contributed by atoms with Gasteiger partial charge in [-0.15, -0.1) is 23.1 Å². The summed E-state index contributed by atoms with van der Waals surface area (Å²) in [5.74, 6) is 0.168. The molecule has 3 aromatic rings. The summed E-state index contributed by atoms with van der Waals surface area (Å²) >= 11 is 2.59. The van der Waals surface area contributed by atoms with E-state index in [1.165, 1.54) is 23.9 Å². The van der Waals surface area contributed by atoms with Crippen LogP contribution in [0.4, 0.5) is 10.1 Å². The van der Waals surface area contributed by atoms with E-state index in [4.69, 9.17) is 0 Å². The number of carbonyl (C=O) groups excluding carboxylic acids is 1. The topological polar surface area (TPSA) is 75.3 Å². The Bertz CT molecular complexity index is 1130. The molecule has 150 valence electrons. The summed E-state index contributed by atoms with van der Waals surface area (Å²) in [5.41, 5.74) is 1.56. The van der Waals surface area contributed by atoms with Gasteiger partial charge in [0.25, 0.3) is 15.9 Å². The second kappa shape index (κ2) is 8.17. The minimum atomic E-state index is -3.63. The average molecular weight is 449 g/mol. The molecule has 9 heteroatoms. The van der Waals surface area contributed by atoms with Crippen LogP contribution < -0.4 is 10.0 Å². The maximum atomic E-state index is 14.0. The van der Waals surface area contributed by atoms with Crippen molar-refractivity contribution in [1.29, 1.82) is 0 Å². The molecule has 2 heterocycles. The maximum absolute atomic E-state index is 14.0. The number of amides is 1. The van der Waals surface area contributed by atoms with Crippen LogP contribution in [0.2, 0.25) is 0 Å². The van der Waals surface area contributed by atoms with Gasteiger partial charge in [0.15, 0.2) is 0 Å². The number of sulfonamides is 1. The number of nitrogens with one attached hydrogen (secondary N) is 2. The van der Waals surface area contributed by atoms with Crippen molar-refractivity contribution in [2.24, 2.45) is 0 Å². The molecule has 1 amide bonds. The average Bonchev–Trinajstić information content (AvgIpc) is 3.25. The smallest absolute Gasteiger partial charge is 0.271 e. The molecule has 1 aromatic heterocycles. The van der Waals surface area contributed by atoms with Crippen molar-refractivity contribution in [3.63, 3.8) is 0 Å². The SMILES string of the molecule is O=C(N[C@@H]1CCSc2c(F)cccc21)c1ccc(NS(=O)(=O)c2cccs2)cc1. The highest BCUT2D eigenvalue weighted by Gasteiger charge is 2.25. The van der Waals surface area contributed by atoms with E-state index in [1.54, 1.807) is 41.8 Å². The fourth-order valence-electron chi connectivity index (χ4n) is 3.09. The van der Waals surface area contributed by atoms with E-state index in [2.05, 4.69) is 10.0 Å². The van der Waals surface area contributed by atoms with Gasteiger partial charge in [-0.1, -0.05) is 18.2 Å².